The molecule has 1 heterocycles. The van der Waals surface area contributed by atoms with Crippen LogP contribution in [-0.2, 0) is 16.0 Å². The molecule has 1 aromatic heterocycles. The minimum absolute atomic E-state index is 0.519. The van der Waals surface area contributed by atoms with Crippen LogP contribution in [0.3, 0.4) is 0 Å². The molecule has 0 radical (unpaired) electrons. The number of carbonyl (C=O) groups excluding carboxylic acids is 1. The second-order valence-corrected chi connectivity index (χ2v) is 5.23. The van der Waals surface area contributed by atoms with E-state index in [4.69, 9.17) is 10.3 Å². The van der Waals surface area contributed by atoms with E-state index in [2.05, 4.69) is 15.0 Å². The van der Waals surface area contributed by atoms with Crippen LogP contribution in [0, 0.1) is 5.53 Å². The van der Waals surface area contributed by atoms with Crippen LogP contribution in [0.25, 0.3) is 10.9 Å². The first-order valence-electron chi connectivity index (χ1n) is 6.76. The third-order valence-corrected chi connectivity index (χ3v) is 3.49. The van der Waals surface area contributed by atoms with Crippen molar-refractivity contribution in [1.29, 1.82) is 5.53 Å². The van der Waals surface area contributed by atoms with Gasteiger partial charge in [0.1, 0.15) is 0 Å². The second kappa shape index (κ2) is 6.49. The van der Waals surface area contributed by atoms with Gasteiger partial charge in [-0.1, -0.05) is 6.07 Å². The number of benzene rings is 1. The van der Waals surface area contributed by atoms with Gasteiger partial charge >= 0.3 is 5.97 Å². The minimum Gasteiger partial charge on any atom is -0.467 e. The molecule has 1 aromatic carbocycles. The van der Waals surface area contributed by atoms with Crippen LogP contribution in [0.2, 0.25) is 0 Å². The number of H-pyrrole nitrogens is 1. The topological polar surface area (TPSA) is 81.5 Å². The van der Waals surface area contributed by atoms with Gasteiger partial charge < -0.3 is 14.6 Å². The van der Waals surface area contributed by atoms with Gasteiger partial charge in [-0.2, -0.15) is 5.11 Å². The van der Waals surface area contributed by atoms with Crippen molar-refractivity contribution >= 4 is 16.9 Å². The van der Waals surface area contributed by atoms with E-state index in [1.54, 1.807) is 6.07 Å². The average Bonchev–Trinajstić information content (AvgIpc) is 2.88. The van der Waals surface area contributed by atoms with Gasteiger partial charge in [-0.05, 0) is 43.8 Å². The Bertz CT molecular complexity index is 648. The summed E-state index contributed by atoms with van der Waals surface area (Å²) in [5.74, 6) is -0.519. The smallest absolute Gasteiger partial charge is 0.337 e. The lowest BCUT2D eigenvalue weighted by Gasteiger charge is -2.10. The number of aromatic amines is 1. The Morgan fingerprint density at radius 2 is 2.24 bits per heavy atom. The zero-order valence-electron chi connectivity index (χ0n) is 12.5. The van der Waals surface area contributed by atoms with Gasteiger partial charge in [-0.3, -0.25) is 0 Å². The predicted molar refractivity (Wildman–Crippen MR) is 80.5 cm³/mol. The van der Waals surface area contributed by atoms with E-state index < -0.39 is 12.0 Å². The largest absolute Gasteiger partial charge is 0.467 e. The minimum atomic E-state index is -0.893. The first-order chi connectivity index (χ1) is 10.1. The second-order valence-electron chi connectivity index (χ2n) is 5.23. The van der Waals surface area contributed by atoms with E-state index in [-0.39, 0.29) is 0 Å². The molecule has 2 N–H and O–H groups in total. The van der Waals surface area contributed by atoms with Gasteiger partial charge in [-0.25, -0.2) is 10.3 Å². The highest BCUT2D eigenvalue weighted by Crippen LogP contribution is 2.26. The van der Waals surface area contributed by atoms with Gasteiger partial charge in [-0.15, -0.1) is 0 Å². The fourth-order valence-corrected chi connectivity index (χ4v) is 2.29. The number of ether oxygens (including phenoxy) is 1. The number of rotatable bonds is 6. The lowest BCUT2D eigenvalue weighted by Crippen LogP contribution is -2.15. The SMILES string of the molecule is COC(=O)C(N=N)c1ccc2[nH]cc(CCN(C)C)c2c1. The maximum absolute atomic E-state index is 11.7. The monoisotopic (exact) mass is 288 g/mol. The van der Waals surface area contributed by atoms with Crippen LogP contribution < -0.4 is 0 Å². The highest BCUT2D eigenvalue weighted by Gasteiger charge is 2.21. The number of carbonyl (C=O) groups is 1. The molecule has 0 saturated heterocycles. The quantitative estimate of drug-likeness (QED) is 0.633. The molecule has 6 nitrogen and oxygen atoms in total. The van der Waals surface area contributed by atoms with Gasteiger partial charge in [0.2, 0.25) is 0 Å². The van der Waals surface area contributed by atoms with Crippen molar-refractivity contribution in [3.05, 3.63) is 35.5 Å². The lowest BCUT2D eigenvalue weighted by molar-refractivity contribution is -0.142. The fraction of sp³-hybridized carbons (Fsp3) is 0.400. The van der Waals surface area contributed by atoms with Crippen molar-refractivity contribution in [2.24, 2.45) is 5.11 Å². The van der Waals surface area contributed by atoms with Crippen LogP contribution in [-0.4, -0.2) is 43.6 Å². The summed E-state index contributed by atoms with van der Waals surface area (Å²) in [6.45, 7) is 0.945. The highest BCUT2D eigenvalue weighted by atomic mass is 16.5. The van der Waals surface area contributed by atoms with Crippen molar-refractivity contribution < 1.29 is 9.53 Å². The van der Waals surface area contributed by atoms with Crippen molar-refractivity contribution in [2.45, 2.75) is 12.5 Å². The van der Waals surface area contributed by atoms with Crippen LogP contribution in [0.4, 0.5) is 0 Å². The molecule has 0 aliphatic carbocycles. The van der Waals surface area contributed by atoms with E-state index >= 15 is 0 Å². The summed E-state index contributed by atoms with van der Waals surface area (Å²) in [5.41, 5.74) is 10.1. The number of likely N-dealkylation sites (N-methyl/N-ethyl adjacent to an activating group) is 1. The number of methoxy groups -OCH3 is 1. The predicted octanol–water partition coefficient (Wildman–Crippen LogP) is 2.52. The zero-order chi connectivity index (χ0) is 15.4. The molecule has 2 rings (SSSR count). The number of nitrogens with zero attached hydrogens (tertiary/aromatic N) is 2. The third kappa shape index (κ3) is 3.28. The molecule has 21 heavy (non-hydrogen) atoms. The number of fused-ring (bicyclic) bond motifs is 1. The Hall–Kier alpha value is -2.21. The highest BCUT2D eigenvalue weighted by molar-refractivity contribution is 5.86. The molecular formula is C15H20N4O2. The molecule has 2 aromatic rings. The molecule has 0 fully saturated rings. The summed E-state index contributed by atoms with van der Waals surface area (Å²) >= 11 is 0. The standard InChI is InChI=1S/C15H20N4O2/c1-19(2)7-6-11-9-17-13-5-4-10(8-12(11)13)14(18-16)15(20)21-3/h4-5,8-9,14,16-17H,6-7H2,1-3H3. The normalized spacial score (nSPS) is 12.6. The summed E-state index contributed by atoms with van der Waals surface area (Å²) < 4.78 is 4.69. The molecule has 0 saturated carbocycles. The molecule has 112 valence electrons. The maximum atomic E-state index is 11.7. The molecule has 0 bridgehead atoms. The van der Waals surface area contributed by atoms with Crippen molar-refractivity contribution in [3.63, 3.8) is 0 Å². The van der Waals surface area contributed by atoms with E-state index in [0.717, 1.165) is 23.9 Å². The van der Waals surface area contributed by atoms with Crippen molar-refractivity contribution in [1.82, 2.24) is 9.88 Å². The zero-order valence-corrected chi connectivity index (χ0v) is 12.5. The lowest BCUT2D eigenvalue weighted by atomic mass is 10.0. The van der Waals surface area contributed by atoms with Crippen molar-refractivity contribution in [2.75, 3.05) is 27.7 Å². The summed E-state index contributed by atoms with van der Waals surface area (Å²) in [6, 6.07) is 4.73. The Labute approximate surface area is 123 Å². The molecule has 1 atom stereocenters. The van der Waals surface area contributed by atoms with E-state index in [1.165, 1.54) is 12.7 Å². The number of aromatic nitrogens is 1. The number of hydrogen-bond acceptors (Lipinski definition) is 5. The van der Waals surface area contributed by atoms with Gasteiger partial charge in [0.05, 0.1) is 7.11 Å². The third-order valence-electron chi connectivity index (χ3n) is 3.49. The summed E-state index contributed by atoms with van der Waals surface area (Å²) in [6.07, 6.45) is 2.90. The Balaban J connectivity index is 2.37. The van der Waals surface area contributed by atoms with Crippen molar-refractivity contribution in [3.8, 4) is 0 Å². The van der Waals surface area contributed by atoms with E-state index in [1.807, 2.05) is 32.4 Å². The molecule has 0 amide bonds. The van der Waals surface area contributed by atoms with E-state index in [9.17, 15) is 4.79 Å². The number of esters is 1. The maximum Gasteiger partial charge on any atom is 0.337 e. The molecule has 1 unspecified atom stereocenters. The molecule has 0 aliphatic rings. The first-order valence-corrected chi connectivity index (χ1v) is 6.76. The average molecular weight is 288 g/mol. The van der Waals surface area contributed by atoms with Crippen LogP contribution in [0.15, 0.2) is 29.5 Å². The summed E-state index contributed by atoms with van der Waals surface area (Å²) in [4.78, 5) is 17.0. The summed E-state index contributed by atoms with van der Waals surface area (Å²) in [5, 5.41) is 4.44. The number of nitrogens with one attached hydrogen (secondary N) is 2. The molecule has 0 spiro atoms. The van der Waals surface area contributed by atoms with Gasteiger partial charge in [0.25, 0.3) is 0 Å². The van der Waals surface area contributed by atoms with Crippen LogP contribution >= 0.6 is 0 Å². The van der Waals surface area contributed by atoms with Crippen LogP contribution in [0.5, 0.6) is 0 Å². The van der Waals surface area contributed by atoms with Gasteiger partial charge in [0, 0.05) is 23.6 Å². The number of hydrogen-bond donors (Lipinski definition) is 2. The summed E-state index contributed by atoms with van der Waals surface area (Å²) in [7, 11) is 5.37. The molecule has 0 aliphatic heterocycles. The molecular weight excluding hydrogens is 268 g/mol. The fourth-order valence-electron chi connectivity index (χ4n) is 2.29. The van der Waals surface area contributed by atoms with Crippen LogP contribution in [0.1, 0.15) is 17.2 Å². The van der Waals surface area contributed by atoms with Gasteiger partial charge in [0.15, 0.2) is 6.04 Å². The van der Waals surface area contributed by atoms with E-state index in [0.29, 0.717) is 5.56 Å². The molecule has 6 heteroatoms. The Morgan fingerprint density at radius 1 is 1.48 bits per heavy atom. The Kier molecular flexibility index (Phi) is 4.70. The Morgan fingerprint density at radius 3 is 2.86 bits per heavy atom. The first kappa shape index (κ1) is 15.2.